The number of carbonyl (C=O) groups excluding carboxylic acids is 1. The van der Waals surface area contributed by atoms with Gasteiger partial charge in [0.2, 0.25) is 5.82 Å². The smallest absolute Gasteiger partial charge is 0.355 e. The molecule has 6 nitrogen and oxygen atoms in total. The quantitative estimate of drug-likeness (QED) is 0.474. The summed E-state index contributed by atoms with van der Waals surface area (Å²) >= 11 is 4.93. The van der Waals surface area contributed by atoms with Crippen LogP contribution in [0.1, 0.15) is 29.4 Å². The summed E-state index contributed by atoms with van der Waals surface area (Å²) in [4.78, 5) is 20.6. The maximum Gasteiger partial charge on any atom is 0.355 e. The second kappa shape index (κ2) is 6.45. The van der Waals surface area contributed by atoms with Crippen LogP contribution in [0, 0.1) is 0 Å². The number of ether oxygens (including phenoxy) is 1. The fourth-order valence-electron chi connectivity index (χ4n) is 2.39. The average molecular weight is 418 g/mol. The first-order valence-electron chi connectivity index (χ1n) is 7.47. The lowest BCUT2D eigenvalue weighted by molar-refractivity contribution is 0.0259. The molecule has 0 bridgehead atoms. The summed E-state index contributed by atoms with van der Waals surface area (Å²) in [6, 6.07) is 11.3. The molecule has 0 aliphatic carbocycles. The molecule has 0 saturated carbocycles. The number of rotatable bonds is 4. The number of carbonyl (C=O) groups is 1. The third kappa shape index (κ3) is 3.22. The van der Waals surface area contributed by atoms with Crippen LogP contribution in [0.15, 0.2) is 50.8 Å². The molecule has 0 fully saturated rings. The van der Waals surface area contributed by atoms with Gasteiger partial charge < -0.3 is 14.2 Å². The molecule has 0 aliphatic heterocycles. The molecular formula is C17H12BrN3O3S. The Morgan fingerprint density at radius 3 is 3.04 bits per heavy atom. The highest BCUT2D eigenvalue weighted by molar-refractivity contribution is 9.10. The Kier molecular flexibility index (Phi) is 4.14. The Balaban J connectivity index is 1.51. The van der Waals surface area contributed by atoms with Crippen molar-refractivity contribution in [3.8, 4) is 10.7 Å². The van der Waals surface area contributed by atoms with Gasteiger partial charge in [0.05, 0.1) is 4.88 Å². The zero-order valence-electron chi connectivity index (χ0n) is 13.0. The van der Waals surface area contributed by atoms with Crippen LogP contribution in [0.5, 0.6) is 0 Å². The molecule has 8 heteroatoms. The summed E-state index contributed by atoms with van der Waals surface area (Å²) < 4.78 is 11.6. The van der Waals surface area contributed by atoms with Crippen LogP contribution >= 0.6 is 27.3 Å². The maximum atomic E-state index is 12.4. The van der Waals surface area contributed by atoms with Crippen LogP contribution in [0.25, 0.3) is 21.6 Å². The van der Waals surface area contributed by atoms with Crippen LogP contribution in [-0.4, -0.2) is 21.1 Å². The molecule has 1 aromatic carbocycles. The zero-order valence-corrected chi connectivity index (χ0v) is 15.4. The van der Waals surface area contributed by atoms with Crippen LogP contribution in [0.3, 0.4) is 0 Å². The number of hydrogen-bond donors (Lipinski definition) is 1. The number of benzene rings is 1. The number of esters is 1. The molecule has 1 unspecified atom stereocenters. The summed E-state index contributed by atoms with van der Waals surface area (Å²) in [6.07, 6.45) is -0.646. The summed E-state index contributed by atoms with van der Waals surface area (Å²) in [5.74, 6) is 0.273. The number of fused-ring (bicyclic) bond motifs is 1. The number of nitrogens with one attached hydrogen (secondary N) is 1. The van der Waals surface area contributed by atoms with Crippen molar-refractivity contribution in [2.45, 2.75) is 13.0 Å². The molecule has 0 radical (unpaired) electrons. The summed E-state index contributed by atoms with van der Waals surface area (Å²) in [5.41, 5.74) is 1.23. The van der Waals surface area contributed by atoms with Crippen LogP contribution in [0.2, 0.25) is 0 Å². The van der Waals surface area contributed by atoms with Crippen LogP contribution in [-0.2, 0) is 4.74 Å². The van der Waals surface area contributed by atoms with E-state index in [4.69, 9.17) is 9.26 Å². The van der Waals surface area contributed by atoms with E-state index in [1.165, 1.54) is 11.3 Å². The number of aromatic nitrogens is 3. The van der Waals surface area contributed by atoms with E-state index in [-0.39, 0.29) is 5.89 Å². The van der Waals surface area contributed by atoms with Gasteiger partial charge in [0.15, 0.2) is 6.10 Å². The lowest BCUT2D eigenvalue weighted by Gasteiger charge is -2.07. The maximum absolute atomic E-state index is 12.4. The first-order chi connectivity index (χ1) is 12.1. The van der Waals surface area contributed by atoms with Gasteiger partial charge >= 0.3 is 5.97 Å². The van der Waals surface area contributed by atoms with Gasteiger partial charge in [0.1, 0.15) is 5.69 Å². The van der Waals surface area contributed by atoms with Crippen molar-refractivity contribution < 1.29 is 14.1 Å². The Morgan fingerprint density at radius 1 is 1.36 bits per heavy atom. The number of nitrogens with zero attached hydrogens (tertiary/aromatic N) is 2. The topological polar surface area (TPSA) is 81.0 Å². The molecule has 126 valence electrons. The van der Waals surface area contributed by atoms with E-state index in [0.29, 0.717) is 11.5 Å². The minimum Gasteiger partial charge on any atom is -0.448 e. The average Bonchev–Trinajstić information content (AvgIpc) is 3.33. The highest BCUT2D eigenvalue weighted by Crippen LogP contribution is 2.25. The number of thiophene rings is 1. The molecule has 0 amide bonds. The van der Waals surface area contributed by atoms with Crippen molar-refractivity contribution in [1.29, 1.82) is 0 Å². The minimum atomic E-state index is -0.646. The largest absolute Gasteiger partial charge is 0.448 e. The Morgan fingerprint density at radius 2 is 2.24 bits per heavy atom. The molecule has 4 aromatic rings. The molecule has 1 N–H and O–H groups in total. The first kappa shape index (κ1) is 16.0. The van der Waals surface area contributed by atoms with E-state index in [9.17, 15) is 4.79 Å². The van der Waals surface area contributed by atoms with Crippen molar-refractivity contribution in [2.75, 3.05) is 0 Å². The minimum absolute atomic E-state index is 0.260. The zero-order chi connectivity index (χ0) is 17.4. The Bertz CT molecular complexity index is 1040. The molecule has 0 spiro atoms. The van der Waals surface area contributed by atoms with Gasteiger partial charge in [0, 0.05) is 15.4 Å². The highest BCUT2D eigenvalue weighted by Gasteiger charge is 2.21. The molecular weight excluding hydrogens is 406 g/mol. The first-order valence-corrected chi connectivity index (χ1v) is 9.14. The van der Waals surface area contributed by atoms with Crippen molar-refractivity contribution in [2.24, 2.45) is 0 Å². The van der Waals surface area contributed by atoms with Crippen molar-refractivity contribution in [3.63, 3.8) is 0 Å². The monoisotopic (exact) mass is 417 g/mol. The highest BCUT2D eigenvalue weighted by atomic mass is 79.9. The molecule has 25 heavy (non-hydrogen) atoms. The van der Waals surface area contributed by atoms with E-state index in [2.05, 4.69) is 31.1 Å². The van der Waals surface area contributed by atoms with Gasteiger partial charge in [0.25, 0.3) is 5.89 Å². The molecule has 0 saturated heterocycles. The fourth-order valence-corrected chi connectivity index (χ4v) is 3.42. The number of H-pyrrole nitrogens is 1. The van der Waals surface area contributed by atoms with Crippen molar-refractivity contribution in [1.82, 2.24) is 15.1 Å². The number of hydrogen-bond acceptors (Lipinski definition) is 6. The van der Waals surface area contributed by atoms with Crippen molar-refractivity contribution in [3.05, 3.63) is 57.8 Å². The lowest BCUT2D eigenvalue weighted by Crippen LogP contribution is -2.09. The molecule has 0 aliphatic rings. The Labute approximate surface area is 154 Å². The number of halogens is 1. The normalized spacial score (nSPS) is 12.4. The van der Waals surface area contributed by atoms with Gasteiger partial charge in [-0.05, 0) is 42.6 Å². The Hall–Kier alpha value is -2.45. The van der Waals surface area contributed by atoms with E-state index < -0.39 is 12.1 Å². The van der Waals surface area contributed by atoms with E-state index in [0.717, 1.165) is 20.3 Å². The van der Waals surface area contributed by atoms with Gasteiger partial charge in [-0.1, -0.05) is 27.2 Å². The number of aromatic amines is 1. The van der Waals surface area contributed by atoms with Gasteiger partial charge in [-0.2, -0.15) is 4.98 Å². The summed E-state index contributed by atoms with van der Waals surface area (Å²) in [7, 11) is 0. The molecule has 1 atom stereocenters. The second-order valence-corrected chi connectivity index (χ2v) is 7.26. The third-order valence-electron chi connectivity index (χ3n) is 3.62. The molecule has 4 rings (SSSR count). The van der Waals surface area contributed by atoms with E-state index in [1.807, 2.05) is 35.7 Å². The SMILES string of the molecule is CC(OC(=O)c1cc2cc(Br)ccc2[nH]1)c1nc(-c2cccs2)no1. The van der Waals surface area contributed by atoms with E-state index >= 15 is 0 Å². The van der Waals surface area contributed by atoms with E-state index in [1.54, 1.807) is 13.0 Å². The predicted octanol–water partition coefficient (Wildman–Crippen LogP) is 4.96. The molecule has 3 aromatic heterocycles. The molecule has 3 heterocycles. The second-order valence-electron chi connectivity index (χ2n) is 5.40. The van der Waals surface area contributed by atoms with Crippen LogP contribution in [0.4, 0.5) is 0 Å². The fraction of sp³-hybridized carbons (Fsp3) is 0.118. The van der Waals surface area contributed by atoms with Gasteiger partial charge in [-0.25, -0.2) is 4.79 Å². The third-order valence-corrected chi connectivity index (χ3v) is 4.98. The summed E-state index contributed by atoms with van der Waals surface area (Å²) in [5, 5.41) is 6.78. The van der Waals surface area contributed by atoms with Gasteiger partial charge in [-0.15, -0.1) is 11.3 Å². The van der Waals surface area contributed by atoms with Crippen molar-refractivity contribution >= 4 is 44.1 Å². The van der Waals surface area contributed by atoms with Gasteiger partial charge in [-0.3, -0.25) is 0 Å². The predicted molar refractivity (Wildman–Crippen MR) is 97.4 cm³/mol. The summed E-state index contributed by atoms with van der Waals surface area (Å²) in [6.45, 7) is 1.70. The lowest BCUT2D eigenvalue weighted by atomic mass is 10.2. The van der Waals surface area contributed by atoms with Crippen LogP contribution < -0.4 is 0 Å². The standard InChI is InChI=1S/C17H12BrN3O3S/c1-9(16-20-15(21-24-16)14-3-2-6-25-14)23-17(22)13-8-10-7-11(18)4-5-12(10)19-13/h2-9,19H,1H3.